The number of hydrogen-bond acceptors (Lipinski definition) is 2. The zero-order chi connectivity index (χ0) is 33.3. The van der Waals surface area contributed by atoms with Crippen molar-refractivity contribution >= 4 is 32.8 Å². The van der Waals surface area contributed by atoms with Crippen molar-refractivity contribution in [1.29, 1.82) is 0 Å². The zero-order valence-corrected chi connectivity index (χ0v) is 28.5. The zero-order valence-electron chi connectivity index (χ0n) is 28.5. The van der Waals surface area contributed by atoms with Gasteiger partial charge in [0, 0.05) is 33.0 Å². The minimum absolute atomic E-state index is 0.0624. The maximum Gasteiger partial charge on any atom is 0.0973 e. The van der Waals surface area contributed by atoms with E-state index in [0.29, 0.717) is 11.8 Å². The van der Waals surface area contributed by atoms with Gasteiger partial charge in [-0.15, -0.1) is 0 Å². The fraction of sp³-hybridized carbons (Fsp3) is 0.208. The molecule has 5 aliphatic carbocycles. The van der Waals surface area contributed by atoms with Gasteiger partial charge in [0.25, 0.3) is 0 Å². The van der Waals surface area contributed by atoms with Gasteiger partial charge < -0.3 is 4.57 Å². The molecule has 0 saturated heterocycles. The lowest BCUT2D eigenvalue weighted by molar-refractivity contribution is -0.0394. The Labute approximate surface area is 297 Å². The molecule has 4 fully saturated rings. The highest BCUT2D eigenvalue weighted by Gasteiger charge is 2.62. The van der Waals surface area contributed by atoms with Gasteiger partial charge in [-0.3, -0.25) is 0 Å². The molecule has 244 valence electrons. The molecule has 5 aliphatic rings. The van der Waals surface area contributed by atoms with Crippen molar-refractivity contribution in [1.82, 2.24) is 14.5 Å². The van der Waals surface area contributed by atoms with Crippen molar-refractivity contribution in [2.24, 2.45) is 23.7 Å². The summed E-state index contributed by atoms with van der Waals surface area (Å²) in [4.78, 5) is 10.5. The van der Waals surface area contributed by atoms with Crippen LogP contribution in [0.5, 0.6) is 0 Å². The summed E-state index contributed by atoms with van der Waals surface area (Å²) in [6.07, 6.45) is 6.94. The maximum atomic E-state index is 5.30. The van der Waals surface area contributed by atoms with Gasteiger partial charge in [-0.2, -0.15) is 0 Å². The van der Waals surface area contributed by atoms with Crippen LogP contribution in [-0.2, 0) is 5.41 Å². The molecule has 0 atom stereocenters. The highest BCUT2D eigenvalue weighted by molar-refractivity contribution is 6.13. The van der Waals surface area contributed by atoms with Gasteiger partial charge in [-0.05, 0) is 108 Å². The first kappa shape index (κ1) is 28.2. The summed E-state index contributed by atoms with van der Waals surface area (Å²) in [6.45, 7) is 0. The monoisotopic (exact) mass is 655 g/mol. The average molecular weight is 656 g/mol. The van der Waals surface area contributed by atoms with Crippen molar-refractivity contribution in [3.8, 4) is 39.3 Å². The fourth-order valence-electron chi connectivity index (χ4n) is 11.7. The third-order valence-corrected chi connectivity index (χ3v) is 13.3. The van der Waals surface area contributed by atoms with Gasteiger partial charge in [0.15, 0.2) is 0 Å². The Bertz CT molecular complexity index is 2690. The summed E-state index contributed by atoms with van der Waals surface area (Å²) < 4.78 is 2.61. The molecule has 2 aromatic heterocycles. The smallest absolute Gasteiger partial charge is 0.0973 e. The molecule has 13 rings (SSSR count). The second kappa shape index (κ2) is 10.3. The van der Waals surface area contributed by atoms with Crippen molar-refractivity contribution in [2.45, 2.75) is 37.5 Å². The number of para-hydroxylation sites is 3. The molecule has 3 nitrogen and oxygen atoms in total. The number of aromatic nitrogens is 3. The molecule has 0 unspecified atom stereocenters. The van der Waals surface area contributed by atoms with Crippen molar-refractivity contribution < 1.29 is 0 Å². The molecule has 1 spiro atoms. The molecule has 2 heterocycles. The fourth-order valence-corrected chi connectivity index (χ4v) is 11.7. The van der Waals surface area contributed by atoms with Crippen molar-refractivity contribution in [2.75, 3.05) is 0 Å². The molecular formula is C48H37N3. The minimum atomic E-state index is 0.0624. The second-order valence-electron chi connectivity index (χ2n) is 15.8. The van der Waals surface area contributed by atoms with E-state index >= 15 is 0 Å². The van der Waals surface area contributed by atoms with E-state index in [1.54, 1.807) is 11.1 Å². The van der Waals surface area contributed by atoms with Crippen molar-refractivity contribution in [3.63, 3.8) is 0 Å². The van der Waals surface area contributed by atoms with Crippen LogP contribution in [0.15, 0.2) is 140 Å². The van der Waals surface area contributed by atoms with Gasteiger partial charge >= 0.3 is 0 Å². The highest BCUT2D eigenvalue weighted by Crippen LogP contribution is 2.70. The number of rotatable bonds is 3. The average Bonchev–Trinajstić information content (AvgIpc) is 3.68. The summed E-state index contributed by atoms with van der Waals surface area (Å²) in [5, 5.41) is 2.69. The van der Waals surface area contributed by atoms with Gasteiger partial charge in [-0.1, -0.05) is 109 Å². The molecule has 0 N–H and O–H groups in total. The Kier molecular flexibility index (Phi) is 5.67. The third-order valence-electron chi connectivity index (χ3n) is 13.3. The summed E-state index contributed by atoms with van der Waals surface area (Å²) >= 11 is 0. The quantitative estimate of drug-likeness (QED) is 0.190. The van der Waals surface area contributed by atoms with Crippen LogP contribution in [-0.4, -0.2) is 14.5 Å². The summed E-state index contributed by atoms with van der Waals surface area (Å²) in [7, 11) is 0. The Hall–Kier alpha value is -5.54. The van der Waals surface area contributed by atoms with Gasteiger partial charge in [0.1, 0.15) is 0 Å². The first-order valence-electron chi connectivity index (χ1n) is 18.8. The Morgan fingerprint density at radius 2 is 1.16 bits per heavy atom. The Morgan fingerprint density at radius 1 is 0.510 bits per heavy atom. The first-order valence-corrected chi connectivity index (χ1v) is 18.8. The predicted octanol–water partition coefficient (Wildman–Crippen LogP) is 11.8. The third kappa shape index (κ3) is 3.74. The van der Waals surface area contributed by atoms with E-state index in [2.05, 4.69) is 138 Å². The van der Waals surface area contributed by atoms with Crippen LogP contribution in [0.25, 0.3) is 72.2 Å². The number of benzene rings is 6. The molecule has 0 radical (unpaired) electrons. The molecule has 51 heavy (non-hydrogen) atoms. The Balaban J connectivity index is 1.16. The van der Waals surface area contributed by atoms with E-state index in [1.165, 1.54) is 70.7 Å². The lowest BCUT2D eigenvalue weighted by atomic mass is 9.43. The normalized spacial score (nSPS) is 24.2. The molecule has 0 amide bonds. The highest BCUT2D eigenvalue weighted by atomic mass is 15.0. The maximum absolute atomic E-state index is 5.30. The predicted molar refractivity (Wildman–Crippen MR) is 208 cm³/mol. The Morgan fingerprint density at radius 3 is 1.94 bits per heavy atom. The van der Waals surface area contributed by atoms with E-state index in [4.69, 9.17) is 9.97 Å². The molecule has 4 bridgehead atoms. The molecule has 3 heteroatoms. The van der Waals surface area contributed by atoms with E-state index in [1.807, 2.05) is 6.07 Å². The largest absolute Gasteiger partial charge is 0.309 e. The standard InChI is InChI=1S/C48H37N3/c1-2-11-31(12-3-1)45-46(50-42-19-8-7-18-41(42)49-45)32-13-10-14-35(28-32)51-43-20-9-5-16-37(43)39-22-21-38-36-15-4-6-17-40(36)48(44(38)47(39)51)33-24-29-23-30(26-33)27-34(48)25-29/h1-22,28-30,33-34H,23-27H2. The molecular weight excluding hydrogens is 619 g/mol. The van der Waals surface area contributed by atoms with Crippen LogP contribution in [0.1, 0.15) is 43.2 Å². The molecule has 6 aromatic carbocycles. The SMILES string of the molecule is c1ccc(-c2nc3ccccc3nc2-c2cccc(-n3c4ccccc4c4ccc5c(c43)C3(c4ccccc4-5)C4CC5CC(C4)CC3C5)c2)cc1. The van der Waals surface area contributed by atoms with Crippen LogP contribution in [0, 0.1) is 23.7 Å². The summed E-state index contributed by atoms with van der Waals surface area (Å²) in [5.74, 6) is 3.19. The molecule has 0 aliphatic heterocycles. The summed E-state index contributed by atoms with van der Waals surface area (Å²) in [5.41, 5.74) is 15.8. The second-order valence-corrected chi connectivity index (χ2v) is 15.8. The molecule has 8 aromatic rings. The van der Waals surface area contributed by atoms with Gasteiger partial charge in [0.05, 0.1) is 33.5 Å². The minimum Gasteiger partial charge on any atom is -0.309 e. The molecule has 4 saturated carbocycles. The van der Waals surface area contributed by atoms with E-state index in [9.17, 15) is 0 Å². The lowest BCUT2D eigenvalue weighted by Crippen LogP contribution is -2.55. The van der Waals surface area contributed by atoms with Gasteiger partial charge in [0.2, 0.25) is 0 Å². The lowest BCUT2D eigenvalue weighted by Gasteiger charge is -2.61. The van der Waals surface area contributed by atoms with Crippen LogP contribution in [0.2, 0.25) is 0 Å². The summed E-state index contributed by atoms with van der Waals surface area (Å²) in [6, 6.07) is 51.3. The topological polar surface area (TPSA) is 30.7 Å². The van der Waals surface area contributed by atoms with Crippen LogP contribution in [0.3, 0.4) is 0 Å². The number of fused-ring (bicyclic) bond motifs is 8. The van der Waals surface area contributed by atoms with Crippen molar-refractivity contribution in [3.05, 3.63) is 151 Å². The van der Waals surface area contributed by atoms with E-state index < -0.39 is 0 Å². The number of hydrogen-bond donors (Lipinski definition) is 0. The van der Waals surface area contributed by atoms with E-state index in [0.717, 1.165) is 45.4 Å². The first-order chi connectivity index (χ1) is 25.3. The van der Waals surface area contributed by atoms with Crippen LogP contribution < -0.4 is 0 Å². The van der Waals surface area contributed by atoms with Crippen LogP contribution in [0.4, 0.5) is 0 Å². The number of nitrogens with zero attached hydrogens (tertiary/aromatic N) is 3. The van der Waals surface area contributed by atoms with Crippen LogP contribution >= 0.6 is 0 Å². The van der Waals surface area contributed by atoms with Gasteiger partial charge in [-0.25, -0.2) is 9.97 Å². The van der Waals surface area contributed by atoms with E-state index in [-0.39, 0.29) is 5.41 Å².